The van der Waals surface area contributed by atoms with Crippen LogP contribution in [0.25, 0.3) is 0 Å². The van der Waals surface area contributed by atoms with E-state index in [9.17, 15) is 4.79 Å². The number of ketones is 1. The summed E-state index contributed by atoms with van der Waals surface area (Å²) in [5.41, 5.74) is 3.16. The summed E-state index contributed by atoms with van der Waals surface area (Å²) in [5.74, 6) is -0.119. The van der Waals surface area contributed by atoms with Crippen molar-refractivity contribution in [1.82, 2.24) is 0 Å². The van der Waals surface area contributed by atoms with Crippen LogP contribution in [0.2, 0.25) is 10.0 Å². The minimum Gasteiger partial charge on any atom is -0.289 e. The maximum atomic E-state index is 12.5. The van der Waals surface area contributed by atoms with Crippen LogP contribution in [0.5, 0.6) is 0 Å². The molecule has 94 valence electrons. The number of benzene rings is 2. The Labute approximate surface area is 126 Å². The van der Waals surface area contributed by atoms with Crippen molar-refractivity contribution in [3.8, 4) is 0 Å². The average Bonchev–Trinajstić information content (AvgIpc) is 2.40. The van der Waals surface area contributed by atoms with Crippen molar-refractivity contribution in [2.75, 3.05) is 0 Å². The van der Waals surface area contributed by atoms with Crippen molar-refractivity contribution in [1.29, 1.82) is 0 Å². The normalized spacial score (nSPS) is 13.2. The van der Waals surface area contributed by atoms with Gasteiger partial charge in [0.2, 0.25) is 0 Å². The van der Waals surface area contributed by atoms with Gasteiger partial charge in [-0.3, -0.25) is 4.79 Å². The summed E-state index contributed by atoms with van der Waals surface area (Å²) in [5, 5.41) is 0.908. The lowest BCUT2D eigenvalue weighted by atomic mass is 9.84. The number of hydrogen-bond acceptors (Lipinski definition) is 2. The number of rotatable bonds is 0. The van der Waals surface area contributed by atoms with Crippen molar-refractivity contribution < 1.29 is 4.79 Å². The van der Waals surface area contributed by atoms with Crippen LogP contribution in [0.1, 0.15) is 32.6 Å². The molecule has 2 aromatic carbocycles. The van der Waals surface area contributed by atoms with Gasteiger partial charge < -0.3 is 0 Å². The molecule has 4 heteroatoms. The largest absolute Gasteiger partial charge is 0.289 e. The summed E-state index contributed by atoms with van der Waals surface area (Å²) in [6.45, 7) is 1.85. The Morgan fingerprint density at radius 2 is 1.68 bits per heavy atom. The Balaban J connectivity index is 2.43. The quantitative estimate of drug-likeness (QED) is 0.564. The Morgan fingerprint density at radius 1 is 1.05 bits per heavy atom. The van der Waals surface area contributed by atoms with Crippen LogP contribution in [-0.4, -0.2) is 10.6 Å². The van der Waals surface area contributed by atoms with Gasteiger partial charge in [-0.05, 0) is 18.6 Å². The van der Waals surface area contributed by atoms with E-state index in [-0.39, 0.29) is 5.78 Å². The predicted molar refractivity (Wildman–Crippen MR) is 81.9 cm³/mol. The minimum absolute atomic E-state index is 0.119. The first kappa shape index (κ1) is 12.8. The molecule has 0 fully saturated rings. The van der Waals surface area contributed by atoms with Crippen molar-refractivity contribution >= 4 is 46.1 Å². The van der Waals surface area contributed by atoms with Crippen LogP contribution in [0, 0.1) is 6.92 Å². The molecule has 0 spiro atoms. The predicted octanol–water partition coefficient (Wildman–Crippen LogP) is 4.61. The summed E-state index contributed by atoms with van der Waals surface area (Å²) < 4.78 is 0. The van der Waals surface area contributed by atoms with Gasteiger partial charge in [-0.25, -0.2) is 0 Å². The lowest BCUT2D eigenvalue weighted by molar-refractivity contribution is 0.103. The van der Waals surface area contributed by atoms with Crippen LogP contribution < -0.4 is 0 Å². The molecule has 0 aromatic heterocycles. The second-order valence-corrected chi connectivity index (χ2v) is 5.64. The lowest BCUT2D eigenvalue weighted by Crippen LogP contribution is -2.21. The number of halogens is 2. The number of carbonyl (C=O) groups is 1. The number of aryl methyl sites for hydroxylation is 1. The van der Waals surface area contributed by atoms with Crippen molar-refractivity contribution in [2.24, 2.45) is 0 Å². The van der Waals surface area contributed by atoms with Gasteiger partial charge >= 0.3 is 0 Å². The molecule has 0 amide bonds. The second-order valence-electron chi connectivity index (χ2n) is 4.44. The van der Waals surface area contributed by atoms with Gasteiger partial charge in [-0.1, -0.05) is 59.7 Å². The van der Waals surface area contributed by atoms with E-state index in [1.54, 1.807) is 12.1 Å². The number of carbonyl (C=O) groups excluding carboxylic acids is 1. The number of hydrogen-bond donors (Lipinski definition) is 0. The summed E-state index contributed by atoms with van der Waals surface area (Å²) in [4.78, 5) is 13.1. The Morgan fingerprint density at radius 3 is 2.37 bits per heavy atom. The van der Waals surface area contributed by atoms with E-state index in [4.69, 9.17) is 35.4 Å². The van der Waals surface area contributed by atoms with Crippen LogP contribution in [0.15, 0.2) is 30.3 Å². The molecule has 19 heavy (non-hydrogen) atoms. The molecule has 1 nitrogen and oxygen atoms in total. The third-order valence-electron chi connectivity index (χ3n) is 3.27. The molecule has 0 saturated carbocycles. The van der Waals surface area contributed by atoms with Gasteiger partial charge in [-0.2, -0.15) is 0 Å². The Kier molecular flexibility index (Phi) is 2.97. The zero-order valence-electron chi connectivity index (χ0n) is 9.96. The number of fused-ring (bicyclic) bond motifs is 2. The Bertz CT molecular complexity index is 750. The van der Waals surface area contributed by atoms with E-state index in [0.717, 1.165) is 11.1 Å². The molecule has 2 aromatic rings. The van der Waals surface area contributed by atoms with Gasteiger partial charge in [0, 0.05) is 16.7 Å². The molecule has 0 aliphatic heterocycles. The maximum Gasteiger partial charge on any atom is 0.195 e. The molecule has 0 bridgehead atoms. The van der Waals surface area contributed by atoms with Gasteiger partial charge in [0.25, 0.3) is 0 Å². The highest BCUT2D eigenvalue weighted by molar-refractivity contribution is 7.81. The summed E-state index contributed by atoms with van der Waals surface area (Å²) >= 11 is 18.0. The third kappa shape index (κ3) is 1.75. The van der Waals surface area contributed by atoms with Gasteiger partial charge in [0.05, 0.1) is 20.5 Å². The van der Waals surface area contributed by atoms with E-state index in [0.29, 0.717) is 31.6 Å². The van der Waals surface area contributed by atoms with Crippen LogP contribution >= 0.6 is 35.4 Å². The minimum atomic E-state index is -0.119. The highest BCUT2D eigenvalue weighted by atomic mass is 35.5. The average molecular weight is 307 g/mol. The molecule has 0 radical (unpaired) electrons. The SMILES string of the molecule is Cc1cc(Cl)c2c(c1Cl)C(=S)c1ccccc1C2=O. The van der Waals surface area contributed by atoms with E-state index in [1.165, 1.54) is 0 Å². The smallest absolute Gasteiger partial charge is 0.195 e. The third-order valence-corrected chi connectivity index (χ3v) is 4.48. The van der Waals surface area contributed by atoms with Crippen LogP contribution in [-0.2, 0) is 0 Å². The fourth-order valence-corrected chi connectivity index (χ4v) is 3.36. The molecule has 1 aliphatic rings. The van der Waals surface area contributed by atoms with E-state index >= 15 is 0 Å². The molecule has 1 aliphatic carbocycles. The van der Waals surface area contributed by atoms with Crippen LogP contribution in [0.3, 0.4) is 0 Å². The number of thiocarbonyl (C=S) groups is 1. The monoisotopic (exact) mass is 306 g/mol. The van der Waals surface area contributed by atoms with Crippen molar-refractivity contribution in [3.05, 3.63) is 68.2 Å². The zero-order valence-corrected chi connectivity index (χ0v) is 12.3. The van der Waals surface area contributed by atoms with E-state index < -0.39 is 0 Å². The summed E-state index contributed by atoms with van der Waals surface area (Å²) in [7, 11) is 0. The fraction of sp³-hybridized carbons (Fsp3) is 0.0667. The molecular formula is C15H8Cl2OS. The first-order valence-corrected chi connectivity index (χ1v) is 6.86. The second kappa shape index (κ2) is 4.41. The maximum absolute atomic E-state index is 12.5. The molecule has 0 heterocycles. The molecule has 0 saturated heterocycles. The van der Waals surface area contributed by atoms with Gasteiger partial charge in [-0.15, -0.1) is 0 Å². The van der Waals surface area contributed by atoms with Gasteiger partial charge in [0.1, 0.15) is 0 Å². The van der Waals surface area contributed by atoms with Crippen molar-refractivity contribution in [3.63, 3.8) is 0 Å². The first-order valence-electron chi connectivity index (χ1n) is 5.69. The summed E-state index contributed by atoms with van der Waals surface area (Å²) in [6, 6.07) is 8.97. The molecule has 0 unspecified atom stereocenters. The van der Waals surface area contributed by atoms with Crippen LogP contribution in [0.4, 0.5) is 0 Å². The molecule has 0 atom stereocenters. The standard InChI is InChI=1S/C15H8Cl2OS/c1-7-6-10(16)11-12(13(7)17)15(19)9-5-3-2-4-8(9)14(11)18/h2-6H,1H3. The first-order chi connectivity index (χ1) is 9.02. The Hall–Kier alpha value is -1.22. The van der Waals surface area contributed by atoms with E-state index in [2.05, 4.69) is 0 Å². The summed E-state index contributed by atoms with van der Waals surface area (Å²) in [6.07, 6.45) is 0. The molecule has 3 rings (SSSR count). The molecular weight excluding hydrogens is 299 g/mol. The molecule has 0 N–H and O–H groups in total. The highest BCUT2D eigenvalue weighted by Gasteiger charge is 2.31. The van der Waals surface area contributed by atoms with Crippen molar-refractivity contribution in [2.45, 2.75) is 6.92 Å². The topological polar surface area (TPSA) is 17.1 Å². The highest BCUT2D eigenvalue weighted by Crippen LogP contribution is 2.38. The van der Waals surface area contributed by atoms with Gasteiger partial charge in [0.15, 0.2) is 5.78 Å². The fourth-order valence-electron chi connectivity index (χ4n) is 2.34. The lowest BCUT2D eigenvalue weighted by Gasteiger charge is -2.22. The zero-order chi connectivity index (χ0) is 13.7. The van der Waals surface area contributed by atoms with E-state index in [1.807, 2.05) is 25.1 Å².